The molecule has 0 bridgehead atoms. The first-order valence-electron chi connectivity index (χ1n) is 10.5. The number of anilines is 2. The summed E-state index contributed by atoms with van der Waals surface area (Å²) in [6.45, 7) is 2.48. The Hall–Kier alpha value is -3.07. The number of likely N-dealkylation sites (tertiary alicyclic amines) is 1. The highest BCUT2D eigenvalue weighted by Crippen LogP contribution is 2.33. The smallest absolute Gasteiger partial charge is 0.393 e. The Morgan fingerprint density at radius 1 is 1.09 bits per heavy atom. The minimum atomic E-state index is -4.26. The molecule has 0 aliphatic carbocycles. The molecule has 0 saturated carbocycles. The lowest BCUT2D eigenvalue weighted by atomic mass is 9.97. The van der Waals surface area contributed by atoms with Gasteiger partial charge in [0.05, 0.1) is 30.3 Å². The first kappa shape index (κ1) is 23.6. The van der Waals surface area contributed by atoms with Crippen LogP contribution in [0.25, 0.3) is 0 Å². The molecule has 9 heteroatoms. The van der Waals surface area contributed by atoms with E-state index < -0.39 is 23.9 Å². The van der Waals surface area contributed by atoms with E-state index >= 15 is 0 Å². The fraction of sp³-hybridized carbons (Fsp3) is 0.391. The van der Waals surface area contributed by atoms with Gasteiger partial charge in [0.25, 0.3) is 5.91 Å². The molecule has 32 heavy (non-hydrogen) atoms. The van der Waals surface area contributed by atoms with Crippen LogP contribution in [0, 0.1) is 5.92 Å². The van der Waals surface area contributed by atoms with Crippen molar-refractivity contribution in [3.8, 4) is 5.75 Å². The van der Waals surface area contributed by atoms with Gasteiger partial charge in [-0.05, 0) is 62.7 Å². The molecular weight excluding hydrogens is 423 g/mol. The van der Waals surface area contributed by atoms with Gasteiger partial charge in [0.15, 0.2) is 0 Å². The number of nitrogens with one attached hydrogen (secondary N) is 2. The molecule has 0 radical (unpaired) electrons. The Labute approximate surface area is 184 Å². The number of ether oxygens (including phenoxy) is 1. The molecule has 2 aromatic carbocycles. The number of nitrogens with zero attached hydrogens (tertiary/aromatic N) is 1. The van der Waals surface area contributed by atoms with Gasteiger partial charge in [0.1, 0.15) is 5.75 Å². The molecule has 1 aliphatic heterocycles. The van der Waals surface area contributed by atoms with E-state index in [0.717, 1.165) is 0 Å². The van der Waals surface area contributed by atoms with Gasteiger partial charge in [-0.15, -0.1) is 0 Å². The first-order valence-corrected chi connectivity index (χ1v) is 10.5. The van der Waals surface area contributed by atoms with Crippen molar-refractivity contribution >= 4 is 23.2 Å². The van der Waals surface area contributed by atoms with E-state index in [4.69, 9.17) is 4.74 Å². The molecule has 1 saturated heterocycles. The summed E-state index contributed by atoms with van der Waals surface area (Å²) in [5, 5.41) is 5.43. The molecule has 2 aromatic rings. The van der Waals surface area contributed by atoms with Gasteiger partial charge >= 0.3 is 6.18 Å². The Morgan fingerprint density at radius 2 is 1.81 bits per heavy atom. The number of carbonyl (C=O) groups is 2. The Kier molecular flexibility index (Phi) is 7.74. The molecule has 1 heterocycles. The van der Waals surface area contributed by atoms with E-state index in [9.17, 15) is 22.8 Å². The largest absolute Gasteiger partial charge is 0.494 e. The van der Waals surface area contributed by atoms with Gasteiger partial charge in [-0.2, -0.15) is 13.2 Å². The van der Waals surface area contributed by atoms with E-state index in [2.05, 4.69) is 10.6 Å². The lowest BCUT2D eigenvalue weighted by molar-refractivity contribution is -0.186. The van der Waals surface area contributed by atoms with E-state index in [0.29, 0.717) is 36.7 Å². The van der Waals surface area contributed by atoms with Crippen LogP contribution in [0.1, 0.15) is 30.1 Å². The third-order valence-corrected chi connectivity index (χ3v) is 5.20. The van der Waals surface area contributed by atoms with Crippen molar-refractivity contribution in [3.63, 3.8) is 0 Å². The van der Waals surface area contributed by atoms with Crippen LogP contribution in [0.5, 0.6) is 5.75 Å². The predicted octanol–water partition coefficient (Wildman–Crippen LogP) is 4.55. The lowest BCUT2D eigenvalue weighted by Gasteiger charge is -2.33. The number of carbonyl (C=O) groups excluding carboxylic acids is 2. The van der Waals surface area contributed by atoms with Crippen LogP contribution in [0.4, 0.5) is 24.5 Å². The average Bonchev–Trinajstić information content (AvgIpc) is 2.75. The number of piperidine rings is 1. The molecule has 1 atom stereocenters. The van der Waals surface area contributed by atoms with Crippen LogP contribution in [0.2, 0.25) is 0 Å². The number of benzene rings is 2. The van der Waals surface area contributed by atoms with Crippen molar-refractivity contribution in [2.24, 2.45) is 5.92 Å². The van der Waals surface area contributed by atoms with Gasteiger partial charge in [-0.25, -0.2) is 0 Å². The summed E-state index contributed by atoms with van der Waals surface area (Å²) in [4.78, 5) is 26.7. The molecule has 0 aromatic heterocycles. The number of amides is 2. The maximum Gasteiger partial charge on any atom is 0.393 e. The third kappa shape index (κ3) is 6.46. The van der Waals surface area contributed by atoms with Crippen LogP contribution in [0.3, 0.4) is 0 Å². The molecule has 1 fully saturated rings. The summed E-state index contributed by atoms with van der Waals surface area (Å²) in [5.74, 6) is -1.62. The maximum atomic E-state index is 13.0. The van der Waals surface area contributed by atoms with Crippen molar-refractivity contribution in [2.75, 3.05) is 36.9 Å². The van der Waals surface area contributed by atoms with Crippen LogP contribution >= 0.6 is 0 Å². The second kappa shape index (κ2) is 10.5. The number of rotatable bonds is 7. The fourth-order valence-corrected chi connectivity index (χ4v) is 3.65. The number of hydrogen-bond acceptors (Lipinski definition) is 4. The molecule has 1 unspecified atom stereocenters. The van der Waals surface area contributed by atoms with Gasteiger partial charge in [-0.3, -0.25) is 14.5 Å². The molecule has 2 N–H and O–H groups in total. The number of alkyl halides is 3. The zero-order chi connectivity index (χ0) is 23.1. The predicted molar refractivity (Wildman–Crippen MR) is 116 cm³/mol. The lowest BCUT2D eigenvalue weighted by Crippen LogP contribution is -2.44. The average molecular weight is 449 g/mol. The van der Waals surface area contributed by atoms with Gasteiger partial charge in [-0.1, -0.05) is 12.1 Å². The summed E-state index contributed by atoms with van der Waals surface area (Å²) >= 11 is 0. The maximum absolute atomic E-state index is 13.0. The molecule has 6 nitrogen and oxygen atoms in total. The number of hydrogen-bond donors (Lipinski definition) is 2. The SMILES string of the molecule is CCOc1ccc(NC(=O)c2ccccc2NC(=O)CN2CCCC(C(F)(F)F)C2)cc1. The summed E-state index contributed by atoms with van der Waals surface area (Å²) in [5.41, 5.74) is 1.11. The van der Waals surface area contributed by atoms with Crippen molar-refractivity contribution in [3.05, 3.63) is 54.1 Å². The molecule has 0 spiro atoms. The van der Waals surface area contributed by atoms with Crippen LogP contribution in [-0.2, 0) is 4.79 Å². The summed E-state index contributed by atoms with van der Waals surface area (Å²) in [7, 11) is 0. The highest BCUT2D eigenvalue weighted by Gasteiger charge is 2.41. The monoisotopic (exact) mass is 449 g/mol. The Balaban J connectivity index is 1.62. The van der Waals surface area contributed by atoms with Crippen LogP contribution in [-0.4, -0.2) is 49.1 Å². The van der Waals surface area contributed by atoms with Crippen molar-refractivity contribution in [2.45, 2.75) is 25.9 Å². The van der Waals surface area contributed by atoms with Crippen LogP contribution < -0.4 is 15.4 Å². The molecular formula is C23H26F3N3O3. The minimum Gasteiger partial charge on any atom is -0.494 e. The summed E-state index contributed by atoms with van der Waals surface area (Å²) in [6, 6.07) is 13.4. The third-order valence-electron chi connectivity index (χ3n) is 5.20. The second-order valence-corrected chi connectivity index (χ2v) is 7.62. The zero-order valence-electron chi connectivity index (χ0n) is 17.7. The topological polar surface area (TPSA) is 70.7 Å². The quantitative estimate of drug-likeness (QED) is 0.651. The summed E-state index contributed by atoms with van der Waals surface area (Å²) < 4.78 is 44.4. The van der Waals surface area contributed by atoms with E-state index in [1.54, 1.807) is 48.5 Å². The van der Waals surface area contributed by atoms with E-state index in [-0.39, 0.29) is 25.1 Å². The second-order valence-electron chi connectivity index (χ2n) is 7.62. The van der Waals surface area contributed by atoms with Crippen molar-refractivity contribution in [1.82, 2.24) is 4.90 Å². The highest BCUT2D eigenvalue weighted by molar-refractivity contribution is 6.10. The summed E-state index contributed by atoms with van der Waals surface area (Å²) in [6.07, 6.45) is -3.80. The number of halogens is 3. The van der Waals surface area contributed by atoms with Crippen molar-refractivity contribution in [1.29, 1.82) is 0 Å². The highest BCUT2D eigenvalue weighted by atomic mass is 19.4. The van der Waals surface area contributed by atoms with Gasteiger partial charge < -0.3 is 15.4 Å². The minimum absolute atomic E-state index is 0.0795. The molecule has 1 aliphatic rings. The Morgan fingerprint density at radius 3 is 2.50 bits per heavy atom. The van der Waals surface area contributed by atoms with Gasteiger partial charge in [0.2, 0.25) is 5.91 Å². The number of para-hydroxylation sites is 1. The van der Waals surface area contributed by atoms with Crippen LogP contribution in [0.15, 0.2) is 48.5 Å². The molecule has 2 amide bonds. The van der Waals surface area contributed by atoms with E-state index in [1.165, 1.54) is 4.90 Å². The zero-order valence-corrected chi connectivity index (χ0v) is 17.7. The molecule has 3 rings (SSSR count). The van der Waals surface area contributed by atoms with Gasteiger partial charge in [0, 0.05) is 12.2 Å². The normalized spacial score (nSPS) is 16.9. The standard InChI is InChI=1S/C23H26F3N3O3/c1-2-32-18-11-9-17(10-12-18)27-22(31)19-7-3-4-8-20(19)28-21(30)15-29-13-5-6-16(14-29)23(24,25)26/h3-4,7-12,16H,2,5-6,13-15H2,1H3,(H,27,31)(H,28,30). The molecule has 172 valence electrons. The first-order chi connectivity index (χ1) is 15.3. The Bertz CT molecular complexity index is 932. The fourth-order valence-electron chi connectivity index (χ4n) is 3.65. The van der Waals surface area contributed by atoms with E-state index in [1.807, 2.05) is 6.92 Å². The van der Waals surface area contributed by atoms with Crippen molar-refractivity contribution < 1.29 is 27.5 Å².